The van der Waals surface area contributed by atoms with Crippen LogP contribution in [0.2, 0.25) is 0 Å². The van der Waals surface area contributed by atoms with Gasteiger partial charge in [-0.2, -0.15) is 5.10 Å². The van der Waals surface area contributed by atoms with E-state index in [1.54, 1.807) is 6.20 Å². The first kappa shape index (κ1) is 15.5. The second kappa shape index (κ2) is 5.85. The number of anilines is 1. The molecule has 2 N–H and O–H groups in total. The molecule has 2 atom stereocenters. The van der Waals surface area contributed by atoms with Crippen LogP contribution < -0.4 is 10.5 Å². The first-order chi connectivity index (χ1) is 9.79. The zero-order valence-electron chi connectivity index (χ0n) is 12.3. The van der Waals surface area contributed by atoms with Crippen molar-refractivity contribution in [2.75, 3.05) is 18.0 Å². The Morgan fingerprint density at radius 2 is 2.29 bits per heavy atom. The molecule has 0 aliphatic carbocycles. The van der Waals surface area contributed by atoms with Gasteiger partial charge in [-0.25, -0.2) is 9.48 Å². The minimum Gasteiger partial charge on any atom is -0.479 e. The molecule has 7 heteroatoms. The SMILES string of the molecule is CC1CCCN(c2cnn(CC(C)(O)C(=O)O)c(=O)c2)C1. The number of piperidine rings is 1. The van der Waals surface area contributed by atoms with Crippen LogP contribution in [-0.2, 0) is 11.3 Å². The van der Waals surface area contributed by atoms with Crippen LogP contribution in [0.15, 0.2) is 17.1 Å². The summed E-state index contributed by atoms with van der Waals surface area (Å²) in [4.78, 5) is 25.0. The highest BCUT2D eigenvalue weighted by Gasteiger charge is 2.31. The van der Waals surface area contributed by atoms with Crippen molar-refractivity contribution in [3.8, 4) is 0 Å². The highest BCUT2D eigenvalue weighted by atomic mass is 16.4. The summed E-state index contributed by atoms with van der Waals surface area (Å²) in [6, 6.07) is 1.45. The summed E-state index contributed by atoms with van der Waals surface area (Å²) in [6.07, 6.45) is 3.82. The predicted molar refractivity (Wildman–Crippen MR) is 77.4 cm³/mol. The normalized spacial score (nSPS) is 21.9. The number of rotatable bonds is 4. The number of carboxylic acids is 1. The van der Waals surface area contributed by atoms with Crippen LogP contribution in [0, 0.1) is 5.92 Å². The van der Waals surface area contributed by atoms with Crippen LogP contribution in [0.3, 0.4) is 0 Å². The standard InChI is InChI=1S/C14H21N3O4/c1-10-4-3-5-16(8-10)11-6-12(18)17(15-7-11)9-14(2,21)13(19)20/h6-7,10,21H,3-5,8-9H2,1-2H3,(H,19,20). The van der Waals surface area contributed by atoms with Crippen molar-refractivity contribution in [3.63, 3.8) is 0 Å². The van der Waals surface area contributed by atoms with E-state index in [-0.39, 0.29) is 6.54 Å². The van der Waals surface area contributed by atoms with Gasteiger partial charge in [-0.3, -0.25) is 4.79 Å². The third-order valence-corrected chi connectivity index (χ3v) is 3.80. The zero-order valence-corrected chi connectivity index (χ0v) is 12.3. The molecule has 2 unspecified atom stereocenters. The quantitative estimate of drug-likeness (QED) is 0.830. The van der Waals surface area contributed by atoms with Crippen LogP contribution in [0.25, 0.3) is 0 Å². The molecular weight excluding hydrogens is 274 g/mol. The number of carboxylic acid groups (broad SMARTS) is 1. The van der Waals surface area contributed by atoms with Crippen molar-refractivity contribution in [3.05, 3.63) is 22.6 Å². The van der Waals surface area contributed by atoms with Gasteiger partial charge in [0.2, 0.25) is 0 Å². The van der Waals surface area contributed by atoms with Gasteiger partial charge in [-0.15, -0.1) is 0 Å². The molecule has 116 valence electrons. The molecule has 0 saturated carbocycles. The van der Waals surface area contributed by atoms with Crippen molar-refractivity contribution in [2.24, 2.45) is 5.92 Å². The summed E-state index contributed by atoms with van der Waals surface area (Å²) in [6.45, 7) is 4.71. The van der Waals surface area contributed by atoms with Crippen molar-refractivity contribution in [1.82, 2.24) is 9.78 Å². The highest BCUT2D eigenvalue weighted by molar-refractivity contribution is 5.76. The van der Waals surface area contributed by atoms with Crippen molar-refractivity contribution in [1.29, 1.82) is 0 Å². The Hall–Kier alpha value is -1.89. The summed E-state index contributed by atoms with van der Waals surface area (Å²) in [5, 5.41) is 22.6. The van der Waals surface area contributed by atoms with Gasteiger partial charge in [0.25, 0.3) is 5.56 Å². The lowest BCUT2D eigenvalue weighted by atomic mass is 10.00. The van der Waals surface area contributed by atoms with Crippen molar-refractivity contribution in [2.45, 2.75) is 38.8 Å². The van der Waals surface area contributed by atoms with E-state index in [1.165, 1.54) is 12.5 Å². The van der Waals surface area contributed by atoms with Gasteiger partial charge >= 0.3 is 5.97 Å². The van der Waals surface area contributed by atoms with Gasteiger partial charge < -0.3 is 15.1 Å². The number of hydrogen-bond acceptors (Lipinski definition) is 5. The van der Waals surface area contributed by atoms with Crippen LogP contribution in [0.1, 0.15) is 26.7 Å². The summed E-state index contributed by atoms with van der Waals surface area (Å²) >= 11 is 0. The molecule has 21 heavy (non-hydrogen) atoms. The first-order valence-electron chi connectivity index (χ1n) is 7.07. The molecule has 1 fully saturated rings. The Balaban J connectivity index is 2.18. The van der Waals surface area contributed by atoms with Gasteiger partial charge in [0.15, 0.2) is 5.60 Å². The Morgan fingerprint density at radius 1 is 1.57 bits per heavy atom. The fraction of sp³-hybridized carbons (Fsp3) is 0.643. The molecule has 0 spiro atoms. The molecule has 0 bridgehead atoms. The van der Waals surface area contributed by atoms with Crippen LogP contribution in [0.4, 0.5) is 5.69 Å². The first-order valence-corrected chi connectivity index (χ1v) is 7.07. The Bertz CT molecular complexity index is 582. The van der Waals surface area contributed by atoms with Gasteiger partial charge in [0.05, 0.1) is 18.4 Å². The number of carbonyl (C=O) groups is 1. The fourth-order valence-electron chi connectivity index (χ4n) is 2.50. The van der Waals surface area contributed by atoms with Gasteiger partial charge in [0, 0.05) is 19.2 Å². The second-order valence-corrected chi connectivity index (χ2v) is 5.98. The van der Waals surface area contributed by atoms with E-state index >= 15 is 0 Å². The van der Waals surface area contributed by atoms with Crippen molar-refractivity contribution >= 4 is 11.7 Å². The average molecular weight is 295 g/mol. The molecule has 1 saturated heterocycles. The topological polar surface area (TPSA) is 95.7 Å². The molecule has 0 radical (unpaired) electrons. The fourth-order valence-corrected chi connectivity index (χ4v) is 2.50. The largest absolute Gasteiger partial charge is 0.479 e. The van der Waals surface area contributed by atoms with Gasteiger partial charge in [-0.05, 0) is 25.7 Å². The maximum absolute atomic E-state index is 12.0. The lowest BCUT2D eigenvalue weighted by Crippen LogP contribution is -2.43. The van der Waals surface area contributed by atoms with E-state index < -0.39 is 17.1 Å². The Morgan fingerprint density at radius 3 is 2.86 bits per heavy atom. The number of aliphatic carboxylic acids is 1. The maximum Gasteiger partial charge on any atom is 0.337 e. The molecule has 7 nitrogen and oxygen atoms in total. The molecular formula is C14H21N3O4. The Labute approximate surface area is 122 Å². The Kier molecular flexibility index (Phi) is 4.32. The van der Waals surface area contributed by atoms with E-state index in [4.69, 9.17) is 5.11 Å². The number of nitrogens with zero attached hydrogens (tertiary/aromatic N) is 3. The van der Waals surface area contributed by atoms with Crippen LogP contribution in [-0.4, -0.2) is 44.7 Å². The van der Waals surface area contributed by atoms with E-state index in [9.17, 15) is 14.7 Å². The van der Waals surface area contributed by atoms with E-state index in [0.717, 1.165) is 36.8 Å². The maximum atomic E-state index is 12.0. The second-order valence-electron chi connectivity index (χ2n) is 5.98. The molecule has 0 amide bonds. The monoisotopic (exact) mass is 295 g/mol. The van der Waals surface area contributed by atoms with Crippen LogP contribution in [0.5, 0.6) is 0 Å². The van der Waals surface area contributed by atoms with E-state index in [2.05, 4.69) is 16.9 Å². The molecule has 1 aromatic heterocycles. The smallest absolute Gasteiger partial charge is 0.337 e. The zero-order chi connectivity index (χ0) is 15.6. The highest BCUT2D eigenvalue weighted by Crippen LogP contribution is 2.21. The third kappa shape index (κ3) is 3.60. The summed E-state index contributed by atoms with van der Waals surface area (Å²) in [5.74, 6) is -0.806. The molecule has 2 heterocycles. The van der Waals surface area contributed by atoms with Gasteiger partial charge in [-0.1, -0.05) is 6.92 Å². The number of aromatic nitrogens is 2. The lowest BCUT2D eigenvalue weighted by molar-refractivity contribution is -0.158. The summed E-state index contributed by atoms with van der Waals surface area (Å²) in [5.41, 5.74) is -1.68. The van der Waals surface area contributed by atoms with E-state index in [1.807, 2.05) is 0 Å². The lowest BCUT2D eigenvalue weighted by Gasteiger charge is -2.32. The molecule has 1 aliphatic heterocycles. The van der Waals surface area contributed by atoms with Crippen LogP contribution >= 0.6 is 0 Å². The molecule has 1 aromatic rings. The van der Waals surface area contributed by atoms with Crippen molar-refractivity contribution < 1.29 is 15.0 Å². The third-order valence-electron chi connectivity index (χ3n) is 3.80. The minimum atomic E-state index is -2.02. The molecule has 0 aromatic carbocycles. The number of aliphatic hydroxyl groups is 1. The minimum absolute atomic E-state index is 0.377. The van der Waals surface area contributed by atoms with E-state index in [0.29, 0.717) is 5.92 Å². The average Bonchev–Trinajstić information content (AvgIpc) is 2.40. The predicted octanol–water partition coefficient (Wildman–Crippen LogP) is 0.315. The number of hydrogen-bond donors (Lipinski definition) is 2. The summed E-state index contributed by atoms with van der Waals surface area (Å²) in [7, 11) is 0. The molecule has 1 aliphatic rings. The molecule has 2 rings (SSSR count). The summed E-state index contributed by atoms with van der Waals surface area (Å²) < 4.78 is 0.977. The van der Waals surface area contributed by atoms with Gasteiger partial charge in [0.1, 0.15) is 0 Å².